The highest BCUT2D eigenvalue weighted by Gasteiger charge is 2.19. The molecule has 0 aliphatic rings. The van der Waals surface area contributed by atoms with Gasteiger partial charge in [0.25, 0.3) is 5.91 Å². The van der Waals surface area contributed by atoms with Crippen molar-refractivity contribution in [3.63, 3.8) is 0 Å². The summed E-state index contributed by atoms with van der Waals surface area (Å²) in [6, 6.07) is 1.42. The summed E-state index contributed by atoms with van der Waals surface area (Å²) in [5, 5.41) is 14.4. The zero-order valence-corrected chi connectivity index (χ0v) is 10.3. The van der Waals surface area contributed by atoms with Gasteiger partial charge in [-0.1, -0.05) is 0 Å². The van der Waals surface area contributed by atoms with E-state index in [9.17, 15) is 22.8 Å². The Kier molecular flexibility index (Phi) is 3.92. The Bertz CT molecular complexity index is 715. The third kappa shape index (κ3) is 3.19. The standard InChI is InChI=1S/C12H8F3N3O3/c13-8-2-1-7(10(14)11(8)15)12(21)17-6-3-16-18(4-6)5-9(19)20/h1-4H,5H2,(H,17,21)(H,19,20). The van der Waals surface area contributed by atoms with Gasteiger partial charge in [0.05, 0.1) is 17.4 Å². The minimum absolute atomic E-state index is 0.0883. The van der Waals surface area contributed by atoms with Crippen LogP contribution in [-0.2, 0) is 11.3 Å². The SMILES string of the molecule is O=C(O)Cn1cc(NC(=O)c2ccc(F)c(F)c2F)cn1. The number of hydrogen-bond donors (Lipinski definition) is 2. The number of nitrogens with zero attached hydrogens (tertiary/aromatic N) is 2. The Morgan fingerprint density at radius 3 is 2.62 bits per heavy atom. The van der Waals surface area contributed by atoms with Crippen LogP contribution in [0.2, 0.25) is 0 Å². The van der Waals surface area contributed by atoms with E-state index in [2.05, 4.69) is 10.4 Å². The minimum Gasteiger partial charge on any atom is -0.480 e. The van der Waals surface area contributed by atoms with Crippen molar-refractivity contribution in [3.05, 3.63) is 47.5 Å². The maximum absolute atomic E-state index is 13.4. The number of rotatable bonds is 4. The topological polar surface area (TPSA) is 84.2 Å². The quantitative estimate of drug-likeness (QED) is 0.841. The lowest BCUT2D eigenvalue weighted by molar-refractivity contribution is -0.137. The van der Waals surface area contributed by atoms with Crippen LogP contribution in [0.5, 0.6) is 0 Å². The number of amides is 1. The summed E-state index contributed by atoms with van der Waals surface area (Å²) in [7, 11) is 0. The largest absolute Gasteiger partial charge is 0.480 e. The molecule has 0 aliphatic carbocycles. The highest BCUT2D eigenvalue weighted by atomic mass is 19.2. The van der Waals surface area contributed by atoms with Gasteiger partial charge in [-0.2, -0.15) is 5.10 Å². The minimum atomic E-state index is -1.75. The van der Waals surface area contributed by atoms with E-state index < -0.39 is 41.4 Å². The van der Waals surface area contributed by atoms with Crippen molar-refractivity contribution in [3.8, 4) is 0 Å². The number of nitrogens with one attached hydrogen (secondary N) is 1. The molecule has 0 fully saturated rings. The Morgan fingerprint density at radius 1 is 1.24 bits per heavy atom. The lowest BCUT2D eigenvalue weighted by Gasteiger charge is -2.04. The summed E-state index contributed by atoms with van der Waals surface area (Å²) in [4.78, 5) is 22.2. The fourth-order valence-electron chi connectivity index (χ4n) is 1.55. The first-order valence-electron chi connectivity index (χ1n) is 5.57. The summed E-state index contributed by atoms with van der Waals surface area (Å²) < 4.78 is 40.2. The van der Waals surface area contributed by atoms with Crippen LogP contribution in [0, 0.1) is 17.5 Å². The van der Waals surface area contributed by atoms with Crippen LogP contribution in [0.4, 0.5) is 18.9 Å². The summed E-state index contributed by atoms with van der Waals surface area (Å²) in [6.07, 6.45) is 2.34. The average Bonchev–Trinajstić information content (AvgIpc) is 2.82. The van der Waals surface area contributed by atoms with Crippen molar-refractivity contribution in [2.24, 2.45) is 0 Å². The number of aromatic nitrogens is 2. The number of aliphatic carboxylic acids is 1. The highest BCUT2D eigenvalue weighted by Crippen LogP contribution is 2.16. The van der Waals surface area contributed by atoms with Crippen molar-refractivity contribution in [1.29, 1.82) is 0 Å². The molecule has 1 aromatic carbocycles. The summed E-state index contributed by atoms with van der Waals surface area (Å²) in [5.74, 6) is -6.91. The molecule has 2 rings (SSSR count). The van der Waals surface area contributed by atoms with Crippen molar-refractivity contribution in [2.75, 3.05) is 5.32 Å². The van der Waals surface area contributed by atoms with E-state index in [1.807, 2.05) is 0 Å². The molecule has 2 aromatic rings. The second kappa shape index (κ2) is 5.65. The molecule has 1 heterocycles. The Morgan fingerprint density at radius 2 is 1.95 bits per heavy atom. The van der Waals surface area contributed by atoms with Crippen molar-refractivity contribution < 1.29 is 27.9 Å². The van der Waals surface area contributed by atoms with Crippen molar-refractivity contribution >= 4 is 17.6 Å². The zero-order chi connectivity index (χ0) is 15.6. The van der Waals surface area contributed by atoms with Gasteiger partial charge in [0.15, 0.2) is 17.5 Å². The van der Waals surface area contributed by atoms with Gasteiger partial charge >= 0.3 is 5.97 Å². The summed E-state index contributed by atoms with van der Waals surface area (Å²) in [5.41, 5.74) is -0.592. The van der Waals surface area contributed by atoms with Crippen LogP contribution in [0.25, 0.3) is 0 Å². The monoisotopic (exact) mass is 299 g/mol. The molecule has 1 aromatic heterocycles. The first-order chi connectivity index (χ1) is 9.88. The first kappa shape index (κ1) is 14.6. The molecule has 9 heteroatoms. The van der Waals surface area contributed by atoms with Crippen LogP contribution >= 0.6 is 0 Å². The second-order valence-corrected chi connectivity index (χ2v) is 4.00. The van der Waals surface area contributed by atoms with Gasteiger partial charge in [0, 0.05) is 6.20 Å². The molecule has 0 aliphatic heterocycles. The average molecular weight is 299 g/mol. The van der Waals surface area contributed by atoms with Gasteiger partial charge in [-0.05, 0) is 12.1 Å². The third-order valence-corrected chi connectivity index (χ3v) is 2.47. The number of carbonyl (C=O) groups excluding carboxylic acids is 1. The van der Waals surface area contributed by atoms with E-state index in [1.54, 1.807) is 0 Å². The normalized spacial score (nSPS) is 10.4. The zero-order valence-electron chi connectivity index (χ0n) is 10.3. The molecule has 110 valence electrons. The van der Waals surface area contributed by atoms with Crippen LogP contribution in [0.3, 0.4) is 0 Å². The first-order valence-corrected chi connectivity index (χ1v) is 5.57. The predicted molar refractivity (Wildman–Crippen MR) is 64.1 cm³/mol. The van der Waals surface area contributed by atoms with Crippen molar-refractivity contribution in [2.45, 2.75) is 6.54 Å². The molecule has 0 atom stereocenters. The Hall–Kier alpha value is -2.84. The lowest BCUT2D eigenvalue weighted by Crippen LogP contribution is -2.15. The molecule has 2 N–H and O–H groups in total. The molecule has 0 saturated heterocycles. The molecule has 6 nitrogen and oxygen atoms in total. The molecular formula is C12H8F3N3O3. The van der Waals surface area contributed by atoms with E-state index in [-0.39, 0.29) is 5.69 Å². The molecule has 0 unspecified atom stereocenters. The van der Waals surface area contributed by atoms with Gasteiger partial charge < -0.3 is 10.4 Å². The molecule has 1 amide bonds. The fraction of sp³-hybridized carbons (Fsp3) is 0.0833. The molecule has 0 radical (unpaired) electrons. The maximum atomic E-state index is 13.4. The molecular weight excluding hydrogens is 291 g/mol. The van der Waals surface area contributed by atoms with Crippen LogP contribution in [0.1, 0.15) is 10.4 Å². The molecule has 0 spiro atoms. The Labute approximate surface area is 115 Å². The van der Waals surface area contributed by atoms with Gasteiger partial charge in [0.1, 0.15) is 6.54 Å². The number of halogens is 3. The third-order valence-electron chi connectivity index (χ3n) is 2.47. The van der Waals surface area contributed by atoms with Gasteiger partial charge in [-0.15, -0.1) is 0 Å². The lowest BCUT2D eigenvalue weighted by atomic mass is 10.2. The highest BCUT2D eigenvalue weighted by molar-refractivity contribution is 6.04. The predicted octanol–water partition coefficient (Wildman–Crippen LogP) is 1.64. The molecule has 0 bridgehead atoms. The number of anilines is 1. The van der Waals surface area contributed by atoms with Crippen LogP contribution in [0.15, 0.2) is 24.5 Å². The summed E-state index contributed by atoms with van der Waals surface area (Å²) in [6.45, 7) is -0.421. The van der Waals surface area contributed by atoms with Gasteiger partial charge in [-0.3, -0.25) is 14.3 Å². The number of hydrogen-bond acceptors (Lipinski definition) is 3. The maximum Gasteiger partial charge on any atom is 0.325 e. The number of carboxylic acid groups (broad SMARTS) is 1. The van der Waals surface area contributed by atoms with Crippen LogP contribution < -0.4 is 5.32 Å². The van der Waals surface area contributed by atoms with E-state index in [0.717, 1.165) is 16.9 Å². The number of carboxylic acids is 1. The van der Waals surface area contributed by atoms with E-state index in [1.165, 1.54) is 6.20 Å². The van der Waals surface area contributed by atoms with E-state index >= 15 is 0 Å². The van der Waals surface area contributed by atoms with E-state index in [4.69, 9.17) is 5.11 Å². The Balaban J connectivity index is 2.17. The second-order valence-electron chi connectivity index (χ2n) is 4.00. The molecule has 0 saturated carbocycles. The number of carbonyl (C=O) groups is 2. The van der Waals surface area contributed by atoms with Gasteiger partial charge in [-0.25, -0.2) is 13.2 Å². The van der Waals surface area contributed by atoms with Crippen molar-refractivity contribution in [1.82, 2.24) is 9.78 Å². The number of benzene rings is 1. The fourth-order valence-corrected chi connectivity index (χ4v) is 1.55. The van der Waals surface area contributed by atoms with E-state index in [0.29, 0.717) is 6.07 Å². The summed E-state index contributed by atoms with van der Waals surface area (Å²) >= 11 is 0. The smallest absolute Gasteiger partial charge is 0.325 e. The van der Waals surface area contributed by atoms with Gasteiger partial charge in [0.2, 0.25) is 0 Å². The van der Waals surface area contributed by atoms with Crippen LogP contribution in [-0.4, -0.2) is 26.8 Å². The molecule has 21 heavy (non-hydrogen) atoms.